The monoisotopic (exact) mass is 354 g/mol. The third kappa shape index (κ3) is 6.21. The Labute approximate surface area is 157 Å². The number of ketones is 1. The van der Waals surface area contributed by atoms with Crippen LogP contribution < -0.4 is 9.47 Å². The van der Waals surface area contributed by atoms with Crippen molar-refractivity contribution in [2.24, 2.45) is 11.8 Å². The van der Waals surface area contributed by atoms with Gasteiger partial charge < -0.3 is 9.47 Å². The molecule has 0 amide bonds. The minimum Gasteiger partial charge on any atom is -0.497 e. The van der Waals surface area contributed by atoms with E-state index in [-0.39, 0.29) is 5.92 Å². The molecule has 0 spiro atoms. The first-order valence-electron chi connectivity index (χ1n) is 9.39. The van der Waals surface area contributed by atoms with E-state index < -0.39 is 0 Å². The Morgan fingerprint density at radius 2 is 1.42 bits per heavy atom. The molecule has 0 N–H and O–H groups in total. The normalized spacial score (nSPS) is 13.1. The van der Waals surface area contributed by atoms with Crippen LogP contribution in [-0.4, -0.2) is 19.5 Å². The maximum atomic E-state index is 12.6. The summed E-state index contributed by atoms with van der Waals surface area (Å²) in [6.07, 6.45) is 2.30. The van der Waals surface area contributed by atoms with Gasteiger partial charge in [-0.1, -0.05) is 38.1 Å². The van der Waals surface area contributed by atoms with Crippen molar-refractivity contribution in [2.75, 3.05) is 13.7 Å². The lowest BCUT2D eigenvalue weighted by atomic mass is 9.89. The minimum absolute atomic E-state index is 0.0336. The number of carbonyl (C=O) groups excluding carboxylic acids is 1. The van der Waals surface area contributed by atoms with Crippen LogP contribution >= 0.6 is 0 Å². The number of hydrogen-bond acceptors (Lipinski definition) is 3. The second-order valence-corrected chi connectivity index (χ2v) is 7.01. The lowest BCUT2D eigenvalue weighted by molar-refractivity contribution is -0.123. The van der Waals surface area contributed by atoms with Crippen LogP contribution in [0.3, 0.4) is 0 Å². The highest BCUT2D eigenvalue weighted by atomic mass is 16.5. The van der Waals surface area contributed by atoms with Crippen molar-refractivity contribution < 1.29 is 14.3 Å². The van der Waals surface area contributed by atoms with Crippen LogP contribution in [0.5, 0.6) is 11.5 Å². The summed E-state index contributed by atoms with van der Waals surface area (Å²) < 4.78 is 10.6. The first-order valence-corrected chi connectivity index (χ1v) is 9.39. The van der Waals surface area contributed by atoms with Crippen LogP contribution in [0.4, 0.5) is 0 Å². The lowest BCUT2D eigenvalue weighted by Crippen LogP contribution is -2.17. The van der Waals surface area contributed by atoms with Crippen LogP contribution in [0.1, 0.15) is 38.3 Å². The molecule has 3 heteroatoms. The summed E-state index contributed by atoms with van der Waals surface area (Å²) in [6, 6.07) is 16.1. The third-order valence-electron chi connectivity index (χ3n) is 4.62. The molecule has 0 aliphatic rings. The smallest absolute Gasteiger partial charge is 0.136 e. The Balaban J connectivity index is 1.83. The van der Waals surface area contributed by atoms with E-state index in [1.165, 1.54) is 11.1 Å². The largest absolute Gasteiger partial charge is 0.497 e. The van der Waals surface area contributed by atoms with Crippen LogP contribution in [0.2, 0.25) is 0 Å². The fraction of sp³-hybridized carbons (Fsp3) is 0.435. The molecule has 0 heterocycles. The predicted octanol–water partition coefficient (Wildman–Crippen LogP) is 5.11. The Kier molecular flexibility index (Phi) is 7.71. The van der Waals surface area contributed by atoms with E-state index in [4.69, 9.17) is 9.47 Å². The van der Waals surface area contributed by atoms with E-state index in [1.807, 2.05) is 38.1 Å². The van der Waals surface area contributed by atoms with E-state index >= 15 is 0 Å². The molecular formula is C23H30O3. The number of carbonyl (C=O) groups is 1. The summed E-state index contributed by atoms with van der Waals surface area (Å²) in [5.74, 6) is 2.44. The third-order valence-corrected chi connectivity index (χ3v) is 4.62. The molecule has 2 atom stereocenters. The molecule has 0 fully saturated rings. The van der Waals surface area contributed by atoms with Crippen molar-refractivity contribution >= 4 is 5.78 Å². The predicted molar refractivity (Wildman–Crippen MR) is 106 cm³/mol. The van der Waals surface area contributed by atoms with Gasteiger partial charge in [0.1, 0.15) is 17.3 Å². The van der Waals surface area contributed by atoms with Crippen LogP contribution in [0, 0.1) is 11.8 Å². The van der Waals surface area contributed by atoms with Gasteiger partial charge in [-0.2, -0.15) is 0 Å². The Bertz CT molecular complexity index is 674. The Morgan fingerprint density at radius 1 is 0.885 bits per heavy atom. The summed E-state index contributed by atoms with van der Waals surface area (Å²) in [7, 11) is 1.67. The first kappa shape index (κ1) is 20.0. The minimum atomic E-state index is 0.0336. The molecule has 3 nitrogen and oxygen atoms in total. The van der Waals surface area contributed by atoms with Crippen molar-refractivity contribution in [3.05, 3.63) is 59.7 Å². The number of rotatable bonds is 10. The molecule has 26 heavy (non-hydrogen) atoms. The van der Waals surface area contributed by atoms with Crippen molar-refractivity contribution in [3.63, 3.8) is 0 Å². The summed E-state index contributed by atoms with van der Waals surface area (Å²) >= 11 is 0. The maximum absolute atomic E-state index is 12.6. The zero-order valence-electron chi connectivity index (χ0n) is 16.3. The van der Waals surface area contributed by atoms with Gasteiger partial charge in [0.25, 0.3) is 0 Å². The summed E-state index contributed by atoms with van der Waals surface area (Å²) in [6.45, 7) is 6.81. The van der Waals surface area contributed by atoms with Gasteiger partial charge >= 0.3 is 0 Å². The van der Waals surface area contributed by atoms with E-state index in [0.717, 1.165) is 24.3 Å². The van der Waals surface area contributed by atoms with Crippen LogP contribution in [0.25, 0.3) is 0 Å². The fourth-order valence-corrected chi connectivity index (χ4v) is 3.14. The molecule has 140 valence electrons. The van der Waals surface area contributed by atoms with Crippen LogP contribution in [0.15, 0.2) is 48.5 Å². The topological polar surface area (TPSA) is 35.5 Å². The average molecular weight is 354 g/mol. The van der Waals surface area contributed by atoms with Crippen molar-refractivity contribution in [2.45, 2.75) is 40.0 Å². The van der Waals surface area contributed by atoms with Crippen molar-refractivity contribution in [3.8, 4) is 11.5 Å². The summed E-state index contributed by atoms with van der Waals surface area (Å²) in [5.41, 5.74) is 2.42. The van der Waals surface area contributed by atoms with Gasteiger partial charge in [0.15, 0.2) is 0 Å². The average Bonchev–Trinajstić information content (AvgIpc) is 2.64. The van der Waals surface area contributed by atoms with Crippen molar-refractivity contribution in [1.29, 1.82) is 0 Å². The van der Waals surface area contributed by atoms with Gasteiger partial charge in [0.2, 0.25) is 0 Å². The maximum Gasteiger partial charge on any atom is 0.136 e. The van der Waals surface area contributed by atoms with Gasteiger partial charge in [0, 0.05) is 12.3 Å². The molecule has 2 aromatic carbocycles. The van der Waals surface area contributed by atoms with Gasteiger partial charge in [-0.15, -0.1) is 0 Å². The molecule has 2 aromatic rings. The number of ether oxygens (including phenoxy) is 2. The molecule has 0 aromatic heterocycles. The Hall–Kier alpha value is -2.29. The summed E-state index contributed by atoms with van der Waals surface area (Å²) in [5, 5.41) is 0. The number of hydrogen-bond donors (Lipinski definition) is 0. The quantitative estimate of drug-likeness (QED) is 0.595. The van der Waals surface area contributed by atoms with E-state index in [0.29, 0.717) is 24.7 Å². The first-order chi connectivity index (χ1) is 12.5. The van der Waals surface area contributed by atoms with E-state index in [9.17, 15) is 4.79 Å². The molecular weight excluding hydrogens is 324 g/mol. The molecule has 0 aliphatic heterocycles. The van der Waals surface area contributed by atoms with E-state index in [2.05, 4.69) is 31.2 Å². The molecule has 0 saturated carbocycles. The van der Waals surface area contributed by atoms with Crippen LogP contribution in [-0.2, 0) is 17.6 Å². The second-order valence-electron chi connectivity index (χ2n) is 7.01. The fourth-order valence-electron chi connectivity index (χ4n) is 3.14. The highest BCUT2D eigenvalue weighted by molar-refractivity contribution is 5.81. The van der Waals surface area contributed by atoms with Gasteiger partial charge in [-0.25, -0.2) is 0 Å². The number of benzene rings is 2. The highest BCUT2D eigenvalue weighted by Gasteiger charge is 2.17. The summed E-state index contributed by atoms with van der Waals surface area (Å²) in [4.78, 5) is 12.6. The molecule has 0 bridgehead atoms. The molecule has 2 unspecified atom stereocenters. The zero-order valence-corrected chi connectivity index (χ0v) is 16.3. The number of Topliss-reactive ketones (excluding diaryl/α,β-unsaturated/α-hetero) is 1. The SMILES string of the molecule is CCOc1ccc(CC(C)C(=O)CC(C)Cc2ccc(OC)cc2)cc1. The van der Waals surface area contributed by atoms with E-state index in [1.54, 1.807) is 7.11 Å². The molecule has 0 radical (unpaired) electrons. The second kappa shape index (κ2) is 10.0. The van der Waals surface area contributed by atoms with Gasteiger partial charge in [0.05, 0.1) is 13.7 Å². The van der Waals surface area contributed by atoms with Crippen molar-refractivity contribution in [1.82, 2.24) is 0 Å². The van der Waals surface area contributed by atoms with Gasteiger partial charge in [-0.05, 0) is 61.1 Å². The highest BCUT2D eigenvalue weighted by Crippen LogP contribution is 2.20. The lowest BCUT2D eigenvalue weighted by Gasteiger charge is -2.15. The van der Waals surface area contributed by atoms with Gasteiger partial charge in [-0.3, -0.25) is 4.79 Å². The molecule has 2 rings (SSSR count). The molecule has 0 saturated heterocycles. The number of methoxy groups -OCH3 is 1. The zero-order chi connectivity index (χ0) is 18.9. The Morgan fingerprint density at radius 3 is 1.96 bits per heavy atom. The molecule has 0 aliphatic carbocycles. The standard InChI is InChI=1S/C23H30O3/c1-5-26-22-12-8-20(9-13-22)16-18(3)23(24)15-17(2)14-19-6-10-21(25-4)11-7-19/h6-13,17-18H,5,14-16H2,1-4H3.